The van der Waals surface area contributed by atoms with Crippen LogP contribution in [0.5, 0.6) is 5.75 Å². The number of aromatic nitrogens is 3. The molecule has 3 rings (SSSR count). The Morgan fingerprint density at radius 1 is 1.44 bits per heavy atom. The number of hydrogen-bond donors (Lipinski definition) is 3. The lowest BCUT2D eigenvalue weighted by Crippen LogP contribution is -1.97. The maximum atomic E-state index is 9.46. The Labute approximate surface area is 102 Å². The summed E-state index contributed by atoms with van der Waals surface area (Å²) in [7, 11) is 0. The Morgan fingerprint density at radius 3 is 3.00 bits per heavy atom. The zero-order valence-electron chi connectivity index (χ0n) is 9.77. The van der Waals surface area contributed by atoms with Crippen LogP contribution in [0.2, 0.25) is 0 Å². The van der Waals surface area contributed by atoms with Crippen molar-refractivity contribution in [2.45, 2.75) is 13.5 Å². The van der Waals surface area contributed by atoms with Gasteiger partial charge in [-0.25, -0.2) is 0 Å². The highest BCUT2D eigenvalue weighted by Gasteiger charge is 2.16. The topological polar surface area (TPSA) is 101 Å². The summed E-state index contributed by atoms with van der Waals surface area (Å²) in [6, 6.07) is 5.10. The van der Waals surface area contributed by atoms with E-state index in [2.05, 4.69) is 15.1 Å². The van der Waals surface area contributed by atoms with Crippen LogP contribution in [-0.4, -0.2) is 20.2 Å². The van der Waals surface area contributed by atoms with Gasteiger partial charge in [0.25, 0.3) is 5.89 Å². The number of nitrogens with one attached hydrogen (secondary N) is 1. The Morgan fingerprint density at radius 2 is 2.28 bits per heavy atom. The molecule has 0 bridgehead atoms. The zero-order chi connectivity index (χ0) is 12.7. The van der Waals surface area contributed by atoms with Gasteiger partial charge in [-0.15, -0.1) is 0 Å². The monoisotopic (exact) mass is 244 g/mol. The number of nitrogens with zero attached hydrogens (tertiary/aromatic N) is 2. The van der Waals surface area contributed by atoms with Crippen molar-refractivity contribution in [2.24, 2.45) is 5.73 Å². The van der Waals surface area contributed by atoms with Gasteiger partial charge in [-0.05, 0) is 19.1 Å². The molecule has 0 aliphatic heterocycles. The molecule has 0 fully saturated rings. The zero-order valence-corrected chi connectivity index (χ0v) is 9.77. The number of phenolic OH excluding ortho intramolecular Hbond substituents is 1. The molecule has 0 aliphatic rings. The van der Waals surface area contributed by atoms with Gasteiger partial charge in [0.05, 0.1) is 17.6 Å². The number of aromatic amines is 1. The molecule has 4 N–H and O–H groups in total. The number of aryl methyl sites for hydroxylation is 1. The second-order valence-corrected chi connectivity index (χ2v) is 4.07. The predicted octanol–water partition coefficient (Wildman–Crippen LogP) is 1.69. The minimum atomic E-state index is 0.212. The molecule has 0 saturated heterocycles. The highest BCUT2D eigenvalue weighted by Crippen LogP contribution is 2.32. The van der Waals surface area contributed by atoms with Crippen LogP contribution in [0.1, 0.15) is 11.5 Å². The van der Waals surface area contributed by atoms with E-state index in [0.29, 0.717) is 11.7 Å². The van der Waals surface area contributed by atoms with E-state index in [1.807, 2.05) is 13.0 Å². The van der Waals surface area contributed by atoms with E-state index in [1.54, 1.807) is 12.1 Å². The Bertz CT molecular complexity index is 714. The van der Waals surface area contributed by atoms with Crippen LogP contribution in [0.3, 0.4) is 0 Å². The van der Waals surface area contributed by atoms with Crippen molar-refractivity contribution >= 4 is 10.9 Å². The van der Waals surface area contributed by atoms with Gasteiger partial charge in [0.1, 0.15) is 5.75 Å². The summed E-state index contributed by atoms with van der Waals surface area (Å²) < 4.78 is 5.20. The van der Waals surface area contributed by atoms with Crippen LogP contribution in [-0.2, 0) is 6.54 Å². The molecule has 92 valence electrons. The van der Waals surface area contributed by atoms with Crippen molar-refractivity contribution in [3.05, 3.63) is 29.7 Å². The third-order valence-electron chi connectivity index (χ3n) is 2.83. The molecule has 0 unspecified atom stereocenters. The number of fused-ring (bicyclic) bond motifs is 1. The molecule has 6 nitrogen and oxygen atoms in total. The highest BCUT2D eigenvalue weighted by atomic mass is 16.5. The Balaban J connectivity index is 2.24. The number of phenols is 1. The molecule has 3 aromatic rings. The molecule has 18 heavy (non-hydrogen) atoms. The fourth-order valence-electron chi connectivity index (χ4n) is 2.03. The van der Waals surface area contributed by atoms with Crippen molar-refractivity contribution in [1.29, 1.82) is 0 Å². The minimum Gasteiger partial charge on any atom is -0.508 e. The average molecular weight is 244 g/mol. The molecule has 0 saturated carbocycles. The molecule has 2 aromatic heterocycles. The summed E-state index contributed by atoms with van der Waals surface area (Å²) in [6.07, 6.45) is 0. The van der Waals surface area contributed by atoms with Gasteiger partial charge in [0.15, 0.2) is 5.82 Å². The fourth-order valence-corrected chi connectivity index (χ4v) is 2.03. The Hall–Kier alpha value is -2.34. The first-order valence-electron chi connectivity index (χ1n) is 5.53. The van der Waals surface area contributed by atoms with Gasteiger partial charge in [0.2, 0.25) is 0 Å². The molecular weight excluding hydrogens is 232 g/mol. The number of nitrogens with two attached hydrogens (primary N) is 1. The molecular formula is C12H12N4O2. The Kier molecular flexibility index (Phi) is 2.31. The third-order valence-corrected chi connectivity index (χ3v) is 2.83. The van der Waals surface area contributed by atoms with Gasteiger partial charge in [-0.1, -0.05) is 5.16 Å². The fraction of sp³-hybridized carbons (Fsp3) is 0.167. The first kappa shape index (κ1) is 10.8. The quantitative estimate of drug-likeness (QED) is 0.636. The van der Waals surface area contributed by atoms with Crippen LogP contribution in [0.15, 0.2) is 22.7 Å². The molecule has 2 heterocycles. The van der Waals surface area contributed by atoms with Crippen LogP contribution in [0.25, 0.3) is 22.4 Å². The standard InChI is InChI=1S/C12H12N4O2/c1-6-11(12-15-10(5-13)16-18-12)8-3-2-7(17)4-9(8)14-6/h2-4,14,17H,5,13H2,1H3. The van der Waals surface area contributed by atoms with Crippen LogP contribution in [0, 0.1) is 6.92 Å². The number of H-pyrrole nitrogens is 1. The van der Waals surface area contributed by atoms with Crippen LogP contribution < -0.4 is 5.73 Å². The normalized spacial score (nSPS) is 11.2. The maximum absolute atomic E-state index is 9.46. The number of hydrogen-bond acceptors (Lipinski definition) is 5. The summed E-state index contributed by atoms with van der Waals surface area (Å²) in [5.74, 6) is 1.12. The molecule has 0 amide bonds. The van der Waals surface area contributed by atoms with Crippen LogP contribution in [0.4, 0.5) is 0 Å². The lowest BCUT2D eigenvalue weighted by atomic mass is 10.1. The summed E-state index contributed by atoms with van der Waals surface area (Å²) in [5.41, 5.74) is 8.04. The SMILES string of the molecule is Cc1[nH]c2cc(O)ccc2c1-c1nc(CN)no1. The van der Waals surface area contributed by atoms with Crippen molar-refractivity contribution in [3.8, 4) is 17.2 Å². The predicted molar refractivity (Wildman–Crippen MR) is 65.9 cm³/mol. The van der Waals surface area contributed by atoms with E-state index in [4.69, 9.17) is 10.3 Å². The summed E-state index contributed by atoms with van der Waals surface area (Å²) in [5, 5.41) is 14.2. The van der Waals surface area contributed by atoms with Gasteiger partial charge in [-0.3, -0.25) is 0 Å². The molecule has 0 radical (unpaired) electrons. The summed E-state index contributed by atoms with van der Waals surface area (Å²) in [6.45, 7) is 2.16. The molecule has 0 aliphatic carbocycles. The van der Waals surface area contributed by atoms with Gasteiger partial charge < -0.3 is 20.3 Å². The molecule has 1 aromatic carbocycles. The lowest BCUT2D eigenvalue weighted by Gasteiger charge is -1.94. The average Bonchev–Trinajstić information content (AvgIpc) is 2.91. The molecule has 6 heteroatoms. The van der Waals surface area contributed by atoms with Crippen molar-refractivity contribution in [3.63, 3.8) is 0 Å². The third kappa shape index (κ3) is 1.54. The van der Waals surface area contributed by atoms with E-state index in [9.17, 15) is 5.11 Å². The van der Waals surface area contributed by atoms with Crippen molar-refractivity contribution in [2.75, 3.05) is 0 Å². The number of aromatic hydroxyl groups is 1. The second kappa shape index (κ2) is 3.85. The minimum absolute atomic E-state index is 0.212. The first-order valence-corrected chi connectivity index (χ1v) is 5.53. The van der Waals surface area contributed by atoms with Gasteiger partial charge in [0, 0.05) is 17.1 Å². The van der Waals surface area contributed by atoms with Gasteiger partial charge in [-0.2, -0.15) is 4.98 Å². The molecule has 0 spiro atoms. The number of benzene rings is 1. The highest BCUT2D eigenvalue weighted by molar-refractivity contribution is 5.95. The maximum Gasteiger partial charge on any atom is 0.260 e. The van der Waals surface area contributed by atoms with E-state index in [1.165, 1.54) is 0 Å². The van der Waals surface area contributed by atoms with Crippen molar-refractivity contribution in [1.82, 2.24) is 15.1 Å². The van der Waals surface area contributed by atoms with Crippen molar-refractivity contribution < 1.29 is 9.63 Å². The van der Waals surface area contributed by atoms with E-state index in [-0.39, 0.29) is 12.3 Å². The largest absolute Gasteiger partial charge is 0.508 e. The van der Waals surface area contributed by atoms with E-state index in [0.717, 1.165) is 22.2 Å². The lowest BCUT2D eigenvalue weighted by molar-refractivity contribution is 0.423. The van der Waals surface area contributed by atoms with E-state index < -0.39 is 0 Å². The van der Waals surface area contributed by atoms with E-state index >= 15 is 0 Å². The van der Waals surface area contributed by atoms with Crippen LogP contribution >= 0.6 is 0 Å². The first-order chi connectivity index (χ1) is 8.69. The molecule has 0 atom stereocenters. The number of rotatable bonds is 2. The smallest absolute Gasteiger partial charge is 0.260 e. The second-order valence-electron chi connectivity index (χ2n) is 4.07. The van der Waals surface area contributed by atoms with Gasteiger partial charge >= 0.3 is 0 Å². The summed E-state index contributed by atoms with van der Waals surface area (Å²) in [4.78, 5) is 7.39. The summed E-state index contributed by atoms with van der Waals surface area (Å²) >= 11 is 0.